The maximum Gasteiger partial charge on any atom is 0.311 e. The normalized spacial score (nSPS) is 10.5. The summed E-state index contributed by atoms with van der Waals surface area (Å²) in [6.07, 6.45) is 0.494. The number of halogens is 1. The Hall–Kier alpha value is -2.53. The topological polar surface area (TPSA) is 61.8 Å². The van der Waals surface area contributed by atoms with Crippen LogP contribution < -0.4 is 14.2 Å². The largest absolute Gasteiger partial charge is 0.487 e. The lowest BCUT2D eigenvalue weighted by atomic mass is 10.2. The van der Waals surface area contributed by atoms with Crippen LogP contribution in [0.1, 0.15) is 33.1 Å². The number of benzene rings is 2. The van der Waals surface area contributed by atoms with Crippen molar-refractivity contribution in [2.45, 2.75) is 39.2 Å². The summed E-state index contributed by atoms with van der Waals surface area (Å²) in [6.45, 7) is 3.79. The highest BCUT2D eigenvalue weighted by molar-refractivity contribution is 6.30. The van der Waals surface area contributed by atoms with E-state index in [0.717, 1.165) is 0 Å². The van der Waals surface area contributed by atoms with Crippen molar-refractivity contribution in [3.63, 3.8) is 0 Å². The van der Waals surface area contributed by atoms with Gasteiger partial charge in [-0.1, -0.05) is 29.8 Å². The number of hydrogen-bond donors (Lipinski definition) is 0. The maximum atomic E-state index is 12.0. The molecule has 0 aromatic heterocycles. The van der Waals surface area contributed by atoms with E-state index in [1.54, 1.807) is 48.5 Å². The predicted octanol–water partition coefficient (Wildman–Crippen LogP) is 4.81. The molecular weight excluding hydrogens is 356 g/mol. The molecule has 2 aromatic rings. The molecule has 0 spiro atoms. The number of esters is 2. The quantitative estimate of drug-likeness (QED) is 0.488. The fourth-order valence-electron chi connectivity index (χ4n) is 2.15. The van der Waals surface area contributed by atoms with E-state index in [0.29, 0.717) is 28.7 Å². The lowest BCUT2D eigenvalue weighted by Crippen LogP contribution is -2.13. The zero-order valence-electron chi connectivity index (χ0n) is 14.7. The molecule has 0 unspecified atom stereocenters. The molecule has 0 saturated carbocycles. The molecule has 6 heteroatoms. The number of carbonyl (C=O) groups excluding carboxylic acids is 2. The minimum absolute atomic E-state index is 0.0314. The average molecular weight is 377 g/mol. The van der Waals surface area contributed by atoms with Gasteiger partial charge in [0, 0.05) is 17.9 Å². The van der Waals surface area contributed by atoms with Gasteiger partial charge in [-0.15, -0.1) is 0 Å². The first kappa shape index (κ1) is 19.8. The fourth-order valence-corrected chi connectivity index (χ4v) is 2.33. The van der Waals surface area contributed by atoms with Gasteiger partial charge in [0.2, 0.25) is 0 Å². The summed E-state index contributed by atoms with van der Waals surface area (Å²) in [6, 6.07) is 13.6. The van der Waals surface area contributed by atoms with Crippen LogP contribution in [-0.4, -0.2) is 18.0 Å². The zero-order chi connectivity index (χ0) is 18.9. The minimum Gasteiger partial charge on any atom is -0.487 e. The first-order valence-electron chi connectivity index (χ1n) is 8.36. The Morgan fingerprint density at radius 3 is 2.23 bits per heavy atom. The Kier molecular flexibility index (Phi) is 7.48. The van der Waals surface area contributed by atoms with Crippen molar-refractivity contribution in [2.75, 3.05) is 0 Å². The van der Waals surface area contributed by atoms with Crippen LogP contribution in [0.4, 0.5) is 0 Å². The van der Waals surface area contributed by atoms with Gasteiger partial charge in [-0.05, 0) is 50.6 Å². The van der Waals surface area contributed by atoms with E-state index in [2.05, 4.69) is 0 Å². The van der Waals surface area contributed by atoms with Gasteiger partial charge in [0.1, 0.15) is 5.75 Å². The molecule has 0 bridgehead atoms. The molecule has 0 aliphatic carbocycles. The second-order valence-corrected chi connectivity index (χ2v) is 6.31. The second kappa shape index (κ2) is 9.82. The molecule has 0 amide bonds. The van der Waals surface area contributed by atoms with E-state index in [9.17, 15) is 9.59 Å². The Morgan fingerprint density at radius 2 is 1.58 bits per heavy atom. The number of ether oxygens (including phenoxy) is 3. The molecule has 0 radical (unpaired) electrons. The highest BCUT2D eigenvalue weighted by Crippen LogP contribution is 2.28. The van der Waals surface area contributed by atoms with Gasteiger partial charge in [-0.3, -0.25) is 9.59 Å². The van der Waals surface area contributed by atoms with Gasteiger partial charge < -0.3 is 14.2 Å². The minimum atomic E-state index is -0.430. The highest BCUT2D eigenvalue weighted by atomic mass is 35.5. The van der Waals surface area contributed by atoms with Gasteiger partial charge in [0.25, 0.3) is 0 Å². The van der Waals surface area contributed by atoms with Crippen LogP contribution in [0.25, 0.3) is 0 Å². The molecule has 0 saturated heterocycles. The second-order valence-electron chi connectivity index (χ2n) is 5.87. The van der Waals surface area contributed by atoms with Crippen molar-refractivity contribution in [1.82, 2.24) is 0 Å². The molecule has 0 heterocycles. The SMILES string of the molecule is CC(C)Oc1ccccc1OC(=O)CCCC(=O)Oc1cccc(Cl)c1. The van der Waals surface area contributed by atoms with Crippen LogP contribution >= 0.6 is 11.6 Å². The van der Waals surface area contributed by atoms with E-state index in [-0.39, 0.29) is 18.9 Å². The Bertz CT molecular complexity index is 757. The van der Waals surface area contributed by atoms with Crippen LogP contribution in [0.2, 0.25) is 5.02 Å². The summed E-state index contributed by atoms with van der Waals surface area (Å²) in [5.41, 5.74) is 0. The monoisotopic (exact) mass is 376 g/mol. The van der Waals surface area contributed by atoms with Gasteiger partial charge in [-0.2, -0.15) is 0 Å². The fraction of sp³-hybridized carbons (Fsp3) is 0.300. The van der Waals surface area contributed by atoms with E-state index in [1.807, 2.05) is 13.8 Å². The first-order chi connectivity index (χ1) is 12.4. The van der Waals surface area contributed by atoms with Gasteiger partial charge >= 0.3 is 11.9 Å². The average Bonchev–Trinajstić information content (AvgIpc) is 2.56. The smallest absolute Gasteiger partial charge is 0.311 e. The third-order valence-corrected chi connectivity index (χ3v) is 3.46. The molecule has 26 heavy (non-hydrogen) atoms. The zero-order valence-corrected chi connectivity index (χ0v) is 15.5. The standard InChI is InChI=1S/C20H21ClO5/c1-14(2)24-17-9-3-4-10-18(17)26-20(23)12-6-11-19(22)25-16-8-5-7-15(21)13-16/h3-5,7-10,13-14H,6,11-12H2,1-2H3. The molecule has 5 nitrogen and oxygen atoms in total. The Balaban J connectivity index is 1.78. The molecule has 2 rings (SSSR count). The summed E-state index contributed by atoms with van der Waals surface area (Å²) in [5.74, 6) is 0.401. The molecule has 0 aliphatic heterocycles. The lowest BCUT2D eigenvalue weighted by Gasteiger charge is -2.13. The van der Waals surface area contributed by atoms with Crippen molar-refractivity contribution in [3.05, 3.63) is 53.6 Å². The van der Waals surface area contributed by atoms with Crippen molar-refractivity contribution < 1.29 is 23.8 Å². The summed E-state index contributed by atoms with van der Waals surface area (Å²) < 4.78 is 16.1. The Labute approximate surface area is 157 Å². The first-order valence-corrected chi connectivity index (χ1v) is 8.74. The number of carbonyl (C=O) groups is 2. The third kappa shape index (κ3) is 6.76. The molecule has 0 fully saturated rings. The summed E-state index contributed by atoms with van der Waals surface area (Å²) >= 11 is 5.83. The van der Waals surface area contributed by atoms with Crippen LogP contribution in [0.15, 0.2) is 48.5 Å². The molecule has 0 aliphatic rings. The van der Waals surface area contributed by atoms with Crippen LogP contribution in [0.3, 0.4) is 0 Å². The molecule has 0 N–H and O–H groups in total. The van der Waals surface area contributed by atoms with E-state index >= 15 is 0 Å². The van der Waals surface area contributed by atoms with Crippen LogP contribution in [0, 0.1) is 0 Å². The van der Waals surface area contributed by atoms with Crippen molar-refractivity contribution in [2.24, 2.45) is 0 Å². The van der Waals surface area contributed by atoms with Crippen LogP contribution in [0.5, 0.6) is 17.2 Å². The number of para-hydroxylation sites is 2. The van der Waals surface area contributed by atoms with Crippen molar-refractivity contribution in [3.8, 4) is 17.2 Å². The molecule has 2 aromatic carbocycles. The predicted molar refractivity (Wildman–Crippen MR) is 98.8 cm³/mol. The van der Waals surface area contributed by atoms with Gasteiger partial charge in [0.05, 0.1) is 6.10 Å². The van der Waals surface area contributed by atoms with Gasteiger partial charge in [-0.25, -0.2) is 0 Å². The van der Waals surface area contributed by atoms with Crippen molar-refractivity contribution in [1.29, 1.82) is 0 Å². The van der Waals surface area contributed by atoms with E-state index in [4.69, 9.17) is 25.8 Å². The number of rotatable bonds is 8. The summed E-state index contributed by atoms with van der Waals surface area (Å²) in [7, 11) is 0. The molecule has 138 valence electrons. The highest BCUT2D eigenvalue weighted by Gasteiger charge is 2.12. The number of hydrogen-bond acceptors (Lipinski definition) is 5. The third-order valence-electron chi connectivity index (χ3n) is 3.23. The van der Waals surface area contributed by atoms with E-state index < -0.39 is 11.9 Å². The molecule has 0 atom stereocenters. The summed E-state index contributed by atoms with van der Waals surface area (Å²) in [4.78, 5) is 23.8. The van der Waals surface area contributed by atoms with Crippen LogP contribution in [-0.2, 0) is 9.59 Å². The Morgan fingerprint density at radius 1 is 0.923 bits per heavy atom. The van der Waals surface area contributed by atoms with Crippen molar-refractivity contribution >= 4 is 23.5 Å². The summed E-state index contributed by atoms with van der Waals surface area (Å²) in [5, 5.41) is 0.487. The maximum absolute atomic E-state index is 12.0. The van der Waals surface area contributed by atoms with E-state index in [1.165, 1.54) is 0 Å². The molecular formula is C20H21ClO5. The van der Waals surface area contributed by atoms with Gasteiger partial charge in [0.15, 0.2) is 11.5 Å². The lowest BCUT2D eigenvalue weighted by molar-refractivity contribution is -0.136.